The second-order valence-corrected chi connectivity index (χ2v) is 3.96. The van der Waals surface area contributed by atoms with Crippen LogP contribution in [0.15, 0.2) is 0 Å². The predicted octanol–water partition coefficient (Wildman–Crippen LogP) is 0.730. The van der Waals surface area contributed by atoms with Crippen LogP contribution < -0.4 is 11.1 Å². The van der Waals surface area contributed by atoms with Crippen molar-refractivity contribution in [3.8, 4) is 0 Å². The van der Waals surface area contributed by atoms with E-state index in [0.717, 1.165) is 0 Å². The van der Waals surface area contributed by atoms with Gasteiger partial charge in [-0.2, -0.15) is 13.2 Å². The van der Waals surface area contributed by atoms with Gasteiger partial charge in [0.15, 0.2) is 6.10 Å². The summed E-state index contributed by atoms with van der Waals surface area (Å²) >= 11 is 0. The van der Waals surface area contributed by atoms with Gasteiger partial charge in [0.2, 0.25) is 0 Å². The van der Waals surface area contributed by atoms with Crippen molar-refractivity contribution in [2.75, 3.05) is 19.6 Å². The molecule has 3 nitrogen and oxygen atoms in total. The topological polar surface area (TPSA) is 58.3 Å². The Morgan fingerprint density at radius 3 is 2.13 bits per heavy atom. The van der Waals surface area contributed by atoms with E-state index in [1.165, 1.54) is 0 Å². The van der Waals surface area contributed by atoms with Gasteiger partial charge in [-0.25, -0.2) is 0 Å². The maximum absolute atomic E-state index is 11.9. The third-order valence-corrected chi connectivity index (χ3v) is 2.37. The average Bonchev–Trinajstić information content (AvgIpc) is 2.09. The number of rotatable bonds is 6. The standard InChI is InChI=1S/C9H19F3N2O/c1-6(2)7(3-13)4-14-5-8(15)9(10,11)12/h6-8,14-15H,3-5,13H2,1-2H3. The molecule has 0 heterocycles. The van der Waals surface area contributed by atoms with E-state index in [0.29, 0.717) is 19.0 Å². The highest BCUT2D eigenvalue weighted by Gasteiger charge is 2.37. The van der Waals surface area contributed by atoms with E-state index >= 15 is 0 Å². The molecule has 0 aromatic heterocycles. The second-order valence-electron chi connectivity index (χ2n) is 3.96. The minimum Gasteiger partial charge on any atom is -0.382 e. The molecule has 15 heavy (non-hydrogen) atoms. The zero-order valence-corrected chi connectivity index (χ0v) is 9.01. The monoisotopic (exact) mass is 228 g/mol. The molecule has 2 unspecified atom stereocenters. The first-order valence-electron chi connectivity index (χ1n) is 4.94. The molecule has 0 rings (SSSR count). The first kappa shape index (κ1) is 14.7. The van der Waals surface area contributed by atoms with Crippen LogP contribution in [-0.4, -0.2) is 37.0 Å². The molecular weight excluding hydrogens is 209 g/mol. The van der Waals surface area contributed by atoms with E-state index in [-0.39, 0.29) is 5.92 Å². The minimum absolute atomic E-state index is 0.130. The number of aliphatic hydroxyl groups is 1. The number of hydrogen-bond acceptors (Lipinski definition) is 3. The first-order chi connectivity index (χ1) is 6.79. The van der Waals surface area contributed by atoms with Crippen molar-refractivity contribution in [2.24, 2.45) is 17.6 Å². The second kappa shape index (κ2) is 6.30. The largest absolute Gasteiger partial charge is 0.415 e. The number of halogens is 3. The Kier molecular flexibility index (Phi) is 6.16. The number of hydrogen-bond donors (Lipinski definition) is 3. The zero-order chi connectivity index (χ0) is 12.1. The van der Waals surface area contributed by atoms with Crippen LogP contribution in [0.25, 0.3) is 0 Å². The Morgan fingerprint density at radius 2 is 1.80 bits per heavy atom. The summed E-state index contributed by atoms with van der Waals surface area (Å²) in [6, 6.07) is 0. The molecule has 0 aliphatic rings. The third kappa shape index (κ3) is 5.96. The van der Waals surface area contributed by atoms with Crippen LogP contribution in [0.3, 0.4) is 0 Å². The van der Waals surface area contributed by atoms with Gasteiger partial charge in [-0.1, -0.05) is 13.8 Å². The molecule has 0 saturated heterocycles. The number of aliphatic hydroxyl groups excluding tert-OH is 1. The molecule has 92 valence electrons. The Hall–Kier alpha value is -0.330. The summed E-state index contributed by atoms with van der Waals surface area (Å²) in [5.74, 6) is 0.441. The van der Waals surface area contributed by atoms with Crippen LogP contribution in [0.4, 0.5) is 13.2 Å². The van der Waals surface area contributed by atoms with Gasteiger partial charge in [0.25, 0.3) is 0 Å². The van der Waals surface area contributed by atoms with E-state index in [1.807, 2.05) is 13.8 Å². The highest BCUT2D eigenvalue weighted by atomic mass is 19.4. The molecule has 0 bridgehead atoms. The molecule has 0 amide bonds. The summed E-state index contributed by atoms with van der Waals surface area (Å²) in [5, 5.41) is 11.3. The van der Waals surface area contributed by atoms with Gasteiger partial charge in [0.05, 0.1) is 0 Å². The van der Waals surface area contributed by atoms with Gasteiger partial charge < -0.3 is 16.2 Å². The molecule has 2 atom stereocenters. The van der Waals surface area contributed by atoms with Gasteiger partial charge in [-0.05, 0) is 24.9 Å². The molecule has 0 aliphatic carbocycles. The lowest BCUT2D eigenvalue weighted by molar-refractivity contribution is -0.201. The van der Waals surface area contributed by atoms with E-state index < -0.39 is 18.8 Å². The van der Waals surface area contributed by atoms with Crippen LogP contribution >= 0.6 is 0 Å². The molecule has 0 aromatic rings. The van der Waals surface area contributed by atoms with Crippen molar-refractivity contribution in [2.45, 2.75) is 26.1 Å². The van der Waals surface area contributed by atoms with Crippen LogP contribution in [0.2, 0.25) is 0 Å². The van der Waals surface area contributed by atoms with Crippen LogP contribution in [-0.2, 0) is 0 Å². The lowest BCUT2D eigenvalue weighted by Gasteiger charge is -2.21. The molecule has 0 fully saturated rings. The molecule has 0 aromatic carbocycles. The molecule has 0 saturated carbocycles. The smallest absolute Gasteiger partial charge is 0.382 e. The van der Waals surface area contributed by atoms with Crippen molar-refractivity contribution >= 4 is 0 Å². The van der Waals surface area contributed by atoms with Crippen molar-refractivity contribution in [3.05, 3.63) is 0 Å². The van der Waals surface area contributed by atoms with Crippen molar-refractivity contribution < 1.29 is 18.3 Å². The summed E-state index contributed by atoms with van der Waals surface area (Å²) in [6.45, 7) is 4.25. The summed E-state index contributed by atoms with van der Waals surface area (Å²) in [4.78, 5) is 0. The Labute approximate surface area is 87.8 Å². The van der Waals surface area contributed by atoms with Crippen molar-refractivity contribution in [3.63, 3.8) is 0 Å². The van der Waals surface area contributed by atoms with Crippen molar-refractivity contribution in [1.29, 1.82) is 0 Å². The quantitative estimate of drug-likeness (QED) is 0.628. The fourth-order valence-electron chi connectivity index (χ4n) is 1.11. The van der Waals surface area contributed by atoms with E-state index in [2.05, 4.69) is 5.32 Å². The highest BCUT2D eigenvalue weighted by molar-refractivity contribution is 4.71. The van der Waals surface area contributed by atoms with E-state index in [1.54, 1.807) is 0 Å². The maximum Gasteiger partial charge on any atom is 0.415 e. The molecular formula is C9H19F3N2O. The maximum atomic E-state index is 11.9. The summed E-state index contributed by atoms with van der Waals surface area (Å²) in [7, 11) is 0. The van der Waals surface area contributed by atoms with Gasteiger partial charge in [0, 0.05) is 6.54 Å². The summed E-state index contributed by atoms with van der Waals surface area (Å²) < 4.78 is 35.7. The number of alkyl halides is 3. The third-order valence-electron chi connectivity index (χ3n) is 2.37. The lowest BCUT2D eigenvalue weighted by atomic mass is 9.96. The summed E-state index contributed by atoms with van der Waals surface area (Å²) in [6.07, 6.45) is -6.86. The van der Waals surface area contributed by atoms with Gasteiger partial charge in [0.1, 0.15) is 0 Å². The first-order valence-corrected chi connectivity index (χ1v) is 4.94. The van der Waals surface area contributed by atoms with Crippen LogP contribution in [0.1, 0.15) is 13.8 Å². The molecule has 0 aliphatic heterocycles. The van der Waals surface area contributed by atoms with Crippen LogP contribution in [0.5, 0.6) is 0 Å². The van der Waals surface area contributed by atoms with Crippen LogP contribution in [0, 0.1) is 11.8 Å². The fraction of sp³-hybridized carbons (Fsp3) is 1.00. The minimum atomic E-state index is -4.55. The summed E-state index contributed by atoms with van der Waals surface area (Å²) in [5.41, 5.74) is 5.45. The lowest BCUT2D eigenvalue weighted by Crippen LogP contribution is -2.41. The Bertz CT molecular complexity index is 171. The molecule has 4 N–H and O–H groups in total. The Morgan fingerprint density at radius 1 is 1.27 bits per heavy atom. The average molecular weight is 228 g/mol. The number of nitrogens with one attached hydrogen (secondary N) is 1. The zero-order valence-electron chi connectivity index (χ0n) is 9.01. The molecule has 6 heteroatoms. The fourth-order valence-corrected chi connectivity index (χ4v) is 1.11. The predicted molar refractivity (Wildman–Crippen MR) is 52.3 cm³/mol. The van der Waals surface area contributed by atoms with Gasteiger partial charge in [-0.15, -0.1) is 0 Å². The Balaban J connectivity index is 3.78. The van der Waals surface area contributed by atoms with Gasteiger partial charge >= 0.3 is 6.18 Å². The SMILES string of the molecule is CC(C)C(CN)CNCC(O)C(F)(F)F. The normalized spacial score (nSPS) is 16.8. The van der Waals surface area contributed by atoms with E-state index in [9.17, 15) is 13.2 Å². The van der Waals surface area contributed by atoms with Gasteiger partial charge in [-0.3, -0.25) is 0 Å². The highest BCUT2D eigenvalue weighted by Crippen LogP contribution is 2.19. The van der Waals surface area contributed by atoms with E-state index in [4.69, 9.17) is 10.8 Å². The number of nitrogens with two attached hydrogens (primary N) is 1. The van der Waals surface area contributed by atoms with Crippen molar-refractivity contribution in [1.82, 2.24) is 5.32 Å². The molecule has 0 spiro atoms. The molecule has 0 radical (unpaired) electrons.